The molecule has 0 bridgehead atoms. The van der Waals surface area contributed by atoms with E-state index in [2.05, 4.69) is 99.1 Å². The Morgan fingerprint density at radius 1 is 0.675 bits per heavy atom. The third-order valence-electron chi connectivity index (χ3n) is 4.88. The zero-order valence-electron chi connectivity index (χ0n) is 21.2. The summed E-state index contributed by atoms with van der Waals surface area (Å²) in [5.74, 6) is 32.5. The van der Waals surface area contributed by atoms with Crippen LogP contribution in [0, 0.1) is 82.9 Å². The van der Waals surface area contributed by atoms with Crippen LogP contribution in [-0.2, 0) is 11.3 Å². The van der Waals surface area contributed by atoms with Crippen LogP contribution in [0.25, 0.3) is 10.8 Å². The summed E-state index contributed by atoms with van der Waals surface area (Å²) in [7, 11) is 0. The molecule has 188 valence electrons. The van der Waals surface area contributed by atoms with Gasteiger partial charge in [-0.25, -0.2) is 0 Å². The predicted octanol–water partition coefficient (Wildman–Crippen LogP) is 2.96. The van der Waals surface area contributed by atoms with E-state index >= 15 is 0 Å². The number of hydrazine groups is 1. The second kappa shape index (κ2) is 15.5. The van der Waals surface area contributed by atoms with Crippen LogP contribution in [0.5, 0.6) is 5.75 Å². The Morgan fingerprint density at radius 2 is 1.30 bits per heavy atom. The number of rotatable bonds is 4. The van der Waals surface area contributed by atoms with Crippen molar-refractivity contribution in [3.63, 3.8) is 0 Å². The third kappa shape index (κ3) is 8.80. The SMILES string of the molecule is CC#CC#CC#CC#CC#CC#CC#CC(=O)NNC(=O)c1ccc2c(NCc3ccccc3)cccc2c1O. The Labute approximate surface area is 232 Å². The fourth-order valence-electron chi connectivity index (χ4n) is 3.15. The van der Waals surface area contributed by atoms with Crippen molar-refractivity contribution >= 4 is 28.3 Å². The van der Waals surface area contributed by atoms with E-state index in [9.17, 15) is 14.7 Å². The van der Waals surface area contributed by atoms with E-state index in [0.717, 1.165) is 16.6 Å². The first-order valence-electron chi connectivity index (χ1n) is 11.7. The molecule has 0 aliphatic carbocycles. The van der Waals surface area contributed by atoms with Crippen LogP contribution in [0.3, 0.4) is 0 Å². The number of fused-ring (bicyclic) bond motifs is 1. The highest BCUT2D eigenvalue weighted by atomic mass is 16.3. The van der Waals surface area contributed by atoms with Gasteiger partial charge in [-0.2, -0.15) is 0 Å². The average molecular weight is 518 g/mol. The first-order valence-corrected chi connectivity index (χ1v) is 11.7. The van der Waals surface area contributed by atoms with Gasteiger partial charge in [-0.15, -0.1) is 0 Å². The lowest BCUT2D eigenvalue weighted by atomic mass is 10.0. The number of carbonyl (C=O) groups excluding carboxylic acids is 2. The number of amides is 2. The topological polar surface area (TPSA) is 90.5 Å². The summed E-state index contributed by atoms with van der Waals surface area (Å²) in [5.41, 5.74) is 6.28. The maximum absolute atomic E-state index is 12.6. The van der Waals surface area contributed by atoms with Crippen LogP contribution in [0.4, 0.5) is 5.69 Å². The van der Waals surface area contributed by atoms with Gasteiger partial charge in [0.05, 0.1) is 5.56 Å². The van der Waals surface area contributed by atoms with Crippen molar-refractivity contribution in [3.05, 3.63) is 71.8 Å². The normalized spacial score (nSPS) is 8.12. The molecule has 0 aromatic heterocycles. The molecule has 0 aliphatic rings. The Balaban J connectivity index is 1.56. The molecule has 0 fully saturated rings. The summed E-state index contributed by atoms with van der Waals surface area (Å²) < 4.78 is 0. The van der Waals surface area contributed by atoms with Crippen molar-refractivity contribution in [3.8, 4) is 88.6 Å². The summed E-state index contributed by atoms with van der Waals surface area (Å²) in [6.45, 7) is 2.27. The molecule has 4 N–H and O–H groups in total. The van der Waals surface area contributed by atoms with E-state index in [0.29, 0.717) is 11.9 Å². The number of phenolic OH excluding ortho intramolecular Hbond substituents is 1. The quantitative estimate of drug-likeness (QED) is 0.317. The minimum Gasteiger partial charge on any atom is -0.506 e. The van der Waals surface area contributed by atoms with Crippen LogP contribution in [0.2, 0.25) is 0 Å². The smallest absolute Gasteiger partial charge is 0.315 e. The van der Waals surface area contributed by atoms with Crippen molar-refractivity contribution in [1.82, 2.24) is 10.9 Å². The molecule has 3 aromatic rings. The van der Waals surface area contributed by atoms with Crippen LogP contribution in [0.1, 0.15) is 22.8 Å². The first-order chi connectivity index (χ1) is 19.6. The predicted molar refractivity (Wildman–Crippen MR) is 155 cm³/mol. The molecule has 40 heavy (non-hydrogen) atoms. The highest BCUT2D eigenvalue weighted by Gasteiger charge is 2.15. The molecule has 0 saturated heterocycles. The molecule has 0 atom stereocenters. The van der Waals surface area contributed by atoms with Gasteiger partial charge in [0, 0.05) is 28.9 Å². The number of carbonyl (C=O) groups is 2. The Bertz CT molecular complexity index is 1890. The summed E-state index contributed by atoms with van der Waals surface area (Å²) in [6.07, 6.45) is 0. The van der Waals surface area contributed by atoms with E-state index in [-0.39, 0.29) is 11.3 Å². The molecule has 6 heteroatoms. The van der Waals surface area contributed by atoms with Gasteiger partial charge in [-0.05, 0) is 95.7 Å². The molecule has 3 rings (SSSR count). The van der Waals surface area contributed by atoms with Crippen molar-refractivity contribution in [2.24, 2.45) is 0 Å². The Kier molecular flexibility index (Phi) is 10.8. The number of hydrogen-bond acceptors (Lipinski definition) is 4. The monoisotopic (exact) mass is 517 g/mol. The zero-order chi connectivity index (χ0) is 28.4. The molecule has 0 spiro atoms. The standard InChI is InChI=1S/C34H19N3O3/c1-2-3-4-5-6-7-8-9-10-11-12-13-17-23-32(38)36-37-34(40)30-25-24-28-29(33(30)39)21-18-22-31(28)35-26-27-19-15-14-16-20-27/h14-16,18-22,24-25,35,39H,26H2,1H3,(H,36,38)(H,37,40). The van der Waals surface area contributed by atoms with Gasteiger partial charge in [-0.3, -0.25) is 20.4 Å². The number of benzene rings is 3. The van der Waals surface area contributed by atoms with E-state index in [4.69, 9.17) is 0 Å². The van der Waals surface area contributed by atoms with E-state index in [1.807, 2.05) is 36.4 Å². The Hall–Kier alpha value is -6.62. The number of nitrogens with one attached hydrogen (secondary N) is 3. The molecule has 0 unspecified atom stereocenters. The van der Waals surface area contributed by atoms with Gasteiger partial charge in [0.2, 0.25) is 0 Å². The zero-order valence-corrected chi connectivity index (χ0v) is 21.2. The van der Waals surface area contributed by atoms with Gasteiger partial charge in [0.1, 0.15) is 5.75 Å². The molecule has 0 heterocycles. The number of aromatic hydroxyl groups is 1. The molecule has 2 amide bonds. The van der Waals surface area contributed by atoms with Crippen molar-refractivity contribution in [2.45, 2.75) is 13.5 Å². The number of hydrogen-bond donors (Lipinski definition) is 4. The molecule has 6 nitrogen and oxygen atoms in total. The lowest BCUT2D eigenvalue weighted by molar-refractivity contribution is -0.116. The number of phenols is 1. The van der Waals surface area contributed by atoms with Gasteiger partial charge >= 0.3 is 5.91 Å². The maximum atomic E-state index is 12.6. The van der Waals surface area contributed by atoms with E-state index < -0.39 is 11.8 Å². The van der Waals surface area contributed by atoms with Gasteiger partial charge in [0.15, 0.2) is 0 Å². The van der Waals surface area contributed by atoms with Gasteiger partial charge < -0.3 is 10.4 Å². The van der Waals surface area contributed by atoms with E-state index in [1.54, 1.807) is 25.1 Å². The third-order valence-corrected chi connectivity index (χ3v) is 4.88. The van der Waals surface area contributed by atoms with Crippen LogP contribution in [-0.4, -0.2) is 16.9 Å². The van der Waals surface area contributed by atoms with Gasteiger partial charge in [-0.1, -0.05) is 54.5 Å². The van der Waals surface area contributed by atoms with E-state index in [1.165, 1.54) is 6.07 Å². The average Bonchev–Trinajstić information content (AvgIpc) is 2.98. The van der Waals surface area contributed by atoms with Crippen LogP contribution < -0.4 is 16.2 Å². The van der Waals surface area contributed by atoms with Crippen molar-refractivity contribution in [1.29, 1.82) is 0 Å². The summed E-state index contributed by atoms with van der Waals surface area (Å²) >= 11 is 0. The molecule has 0 radical (unpaired) electrons. The maximum Gasteiger partial charge on any atom is 0.315 e. The summed E-state index contributed by atoms with van der Waals surface area (Å²) in [4.78, 5) is 24.4. The molecular formula is C34H19N3O3. The summed E-state index contributed by atoms with van der Waals surface area (Å²) in [5, 5.41) is 15.3. The van der Waals surface area contributed by atoms with Crippen molar-refractivity contribution < 1.29 is 14.7 Å². The highest BCUT2D eigenvalue weighted by molar-refractivity contribution is 6.07. The first kappa shape index (κ1) is 28.0. The summed E-state index contributed by atoms with van der Waals surface area (Å²) in [6, 6.07) is 18.5. The van der Waals surface area contributed by atoms with Crippen molar-refractivity contribution in [2.75, 3.05) is 5.32 Å². The number of anilines is 1. The minimum absolute atomic E-state index is 0.0106. The van der Waals surface area contributed by atoms with Gasteiger partial charge in [0.25, 0.3) is 5.91 Å². The Morgan fingerprint density at radius 3 is 1.95 bits per heavy atom. The largest absolute Gasteiger partial charge is 0.506 e. The lowest BCUT2D eigenvalue weighted by Crippen LogP contribution is -2.41. The molecule has 0 saturated carbocycles. The van der Waals surface area contributed by atoms with Crippen LogP contribution in [0.15, 0.2) is 60.7 Å². The molecular weight excluding hydrogens is 498 g/mol. The highest BCUT2D eigenvalue weighted by Crippen LogP contribution is 2.33. The minimum atomic E-state index is -0.799. The molecule has 3 aromatic carbocycles. The second-order valence-electron chi connectivity index (χ2n) is 7.48. The second-order valence-corrected chi connectivity index (χ2v) is 7.48. The lowest BCUT2D eigenvalue weighted by Gasteiger charge is -2.13. The molecule has 0 aliphatic heterocycles. The fraction of sp³-hybridized carbons (Fsp3) is 0.0588. The fourth-order valence-corrected chi connectivity index (χ4v) is 3.15. The van der Waals surface area contributed by atoms with Crippen LogP contribution >= 0.6 is 0 Å².